The fourth-order valence-electron chi connectivity index (χ4n) is 3.35. The summed E-state index contributed by atoms with van der Waals surface area (Å²) in [4.78, 5) is 12.3. The lowest BCUT2D eigenvalue weighted by atomic mass is 9.89. The van der Waals surface area contributed by atoms with E-state index in [-0.39, 0.29) is 0 Å². The molecule has 0 saturated carbocycles. The van der Waals surface area contributed by atoms with Crippen molar-refractivity contribution in [3.05, 3.63) is 89.0 Å². The monoisotopic (exact) mass is 316 g/mol. The third-order valence-corrected chi connectivity index (χ3v) is 4.95. The number of allylic oxidation sites excluding steroid dienone is 4. The van der Waals surface area contributed by atoms with Crippen LogP contribution in [0.25, 0.3) is 5.57 Å². The first-order valence-electron chi connectivity index (χ1n) is 8.67. The number of Topliss-reactive ketones (excluding diaryl/α,β-unsaturated/α-hetero) is 1. The van der Waals surface area contributed by atoms with Gasteiger partial charge in [-0.15, -0.1) is 0 Å². The molecule has 24 heavy (non-hydrogen) atoms. The van der Waals surface area contributed by atoms with Crippen LogP contribution in [0.5, 0.6) is 0 Å². The van der Waals surface area contributed by atoms with Crippen molar-refractivity contribution in [2.75, 3.05) is 0 Å². The van der Waals surface area contributed by atoms with Crippen LogP contribution in [0.3, 0.4) is 0 Å². The highest BCUT2D eigenvalue weighted by Crippen LogP contribution is 2.36. The molecule has 1 aliphatic carbocycles. The number of hydrogen-bond acceptors (Lipinski definition) is 1. The van der Waals surface area contributed by atoms with Gasteiger partial charge >= 0.3 is 0 Å². The van der Waals surface area contributed by atoms with Gasteiger partial charge in [-0.05, 0) is 35.6 Å². The summed E-state index contributed by atoms with van der Waals surface area (Å²) in [6.07, 6.45) is 6.45. The average Bonchev–Trinajstić information content (AvgIpc) is 2.97. The highest BCUT2D eigenvalue weighted by Gasteiger charge is 2.20. The fraction of sp³-hybridized carbons (Fsp3) is 0.261. The van der Waals surface area contributed by atoms with Crippen LogP contribution in [0, 0.1) is 12.8 Å². The first-order valence-corrected chi connectivity index (χ1v) is 8.67. The van der Waals surface area contributed by atoms with E-state index in [1.807, 2.05) is 18.2 Å². The number of ketones is 1. The Morgan fingerprint density at radius 3 is 2.42 bits per heavy atom. The molecule has 1 aliphatic rings. The summed E-state index contributed by atoms with van der Waals surface area (Å²) in [5.74, 6) is 0.726. The molecule has 0 heterocycles. The maximum Gasteiger partial charge on any atom is 0.137 e. The lowest BCUT2D eigenvalue weighted by Crippen LogP contribution is -2.06. The number of carbonyl (C=O) groups excluding carboxylic acids is 1. The molecule has 0 spiro atoms. The van der Waals surface area contributed by atoms with Gasteiger partial charge in [0.15, 0.2) is 0 Å². The van der Waals surface area contributed by atoms with Crippen molar-refractivity contribution in [1.82, 2.24) is 0 Å². The first kappa shape index (κ1) is 16.4. The molecular weight excluding hydrogens is 292 g/mol. The van der Waals surface area contributed by atoms with Crippen LogP contribution < -0.4 is 0 Å². The van der Waals surface area contributed by atoms with Crippen molar-refractivity contribution in [3.63, 3.8) is 0 Å². The predicted octanol–water partition coefficient (Wildman–Crippen LogP) is 5.55. The smallest absolute Gasteiger partial charge is 0.137 e. The molecule has 0 amide bonds. The van der Waals surface area contributed by atoms with Crippen molar-refractivity contribution in [3.8, 4) is 0 Å². The lowest BCUT2D eigenvalue weighted by molar-refractivity contribution is -0.118. The highest BCUT2D eigenvalue weighted by molar-refractivity contribution is 5.82. The zero-order valence-corrected chi connectivity index (χ0v) is 14.5. The van der Waals surface area contributed by atoms with Gasteiger partial charge in [0.05, 0.1) is 0 Å². The van der Waals surface area contributed by atoms with Gasteiger partial charge in [-0.2, -0.15) is 0 Å². The van der Waals surface area contributed by atoms with Gasteiger partial charge in [0.25, 0.3) is 0 Å². The molecule has 0 bridgehead atoms. The minimum Gasteiger partial charge on any atom is -0.299 e. The van der Waals surface area contributed by atoms with Crippen molar-refractivity contribution in [2.45, 2.75) is 33.1 Å². The first-order chi connectivity index (χ1) is 11.6. The summed E-state index contributed by atoms with van der Waals surface area (Å²) >= 11 is 0. The summed E-state index contributed by atoms with van der Waals surface area (Å²) < 4.78 is 0. The molecule has 3 rings (SSSR count). The molecule has 1 atom stereocenters. The van der Waals surface area contributed by atoms with Crippen LogP contribution in [0.15, 0.2) is 72.3 Å². The minimum absolute atomic E-state index is 0.325. The van der Waals surface area contributed by atoms with Crippen LogP contribution >= 0.6 is 0 Å². The summed E-state index contributed by atoms with van der Waals surface area (Å²) in [5.41, 5.74) is 6.36. The average molecular weight is 316 g/mol. The second kappa shape index (κ2) is 7.44. The third-order valence-electron chi connectivity index (χ3n) is 4.95. The van der Waals surface area contributed by atoms with Crippen LogP contribution in [-0.4, -0.2) is 5.78 Å². The van der Waals surface area contributed by atoms with E-state index < -0.39 is 0 Å². The number of rotatable bonds is 6. The summed E-state index contributed by atoms with van der Waals surface area (Å²) in [6.45, 7) is 4.31. The van der Waals surface area contributed by atoms with Crippen LogP contribution in [0.4, 0.5) is 0 Å². The maximum absolute atomic E-state index is 12.3. The van der Waals surface area contributed by atoms with E-state index in [9.17, 15) is 4.79 Å². The van der Waals surface area contributed by atoms with Crippen LogP contribution in [-0.2, 0) is 11.2 Å². The Labute approximate surface area is 144 Å². The molecule has 122 valence electrons. The van der Waals surface area contributed by atoms with Crippen molar-refractivity contribution in [1.29, 1.82) is 0 Å². The summed E-state index contributed by atoms with van der Waals surface area (Å²) in [5, 5.41) is 0. The zero-order valence-electron chi connectivity index (χ0n) is 14.5. The van der Waals surface area contributed by atoms with E-state index in [0.29, 0.717) is 24.5 Å². The number of hydrogen-bond donors (Lipinski definition) is 0. The number of aryl methyl sites for hydroxylation is 1. The molecule has 0 radical (unpaired) electrons. The largest absolute Gasteiger partial charge is 0.299 e. The molecule has 0 N–H and O–H groups in total. The molecule has 0 aromatic heterocycles. The van der Waals surface area contributed by atoms with Crippen LogP contribution in [0.2, 0.25) is 0 Å². The lowest BCUT2D eigenvalue weighted by Gasteiger charge is -2.15. The molecule has 0 saturated heterocycles. The fourth-order valence-corrected chi connectivity index (χ4v) is 3.35. The van der Waals surface area contributed by atoms with Gasteiger partial charge in [-0.1, -0.05) is 79.2 Å². The highest BCUT2D eigenvalue weighted by atomic mass is 16.1. The molecule has 0 aliphatic heterocycles. The van der Waals surface area contributed by atoms with E-state index in [4.69, 9.17) is 0 Å². The van der Waals surface area contributed by atoms with Gasteiger partial charge < -0.3 is 0 Å². The van der Waals surface area contributed by atoms with E-state index in [2.05, 4.69) is 62.4 Å². The number of benzene rings is 2. The van der Waals surface area contributed by atoms with Crippen molar-refractivity contribution < 1.29 is 4.79 Å². The SMILES string of the molecule is Cc1ccccc1CC(=O)CCC1=CC=C(c2ccccc2)C1C. The van der Waals surface area contributed by atoms with Gasteiger partial charge in [0.1, 0.15) is 5.78 Å². The Balaban J connectivity index is 1.55. The Morgan fingerprint density at radius 2 is 1.67 bits per heavy atom. The second-order valence-electron chi connectivity index (χ2n) is 6.59. The molecule has 2 aromatic rings. The van der Waals surface area contributed by atoms with E-state index in [0.717, 1.165) is 12.0 Å². The summed E-state index contributed by atoms with van der Waals surface area (Å²) in [6, 6.07) is 18.7. The molecule has 1 heteroatoms. The van der Waals surface area contributed by atoms with Crippen molar-refractivity contribution in [2.24, 2.45) is 5.92 Å². The normalized spacial score (nSPS) is 16.7. The quantitative estimate of drug-likeness (QED) is 0.683. The van der Waals surface area contributed by atoms with E-state index in [1.165, 1.54) is 22.3 Å². The van der Waals surface area contributed by atoms with E-state index >= 15 is 0 Å². The Hall–Kier alpha value is -2.41. The molecule has 1 nitrogen and oxygen atoms in total. The Morgan fingerprint density at radius 1 is 0.958 bits per heavy atom. The van der Waals surface area contributed by atoms with Gasteiger partial charge in [-0.25, -0.2) is 0 Å². The Bertz CT molecular complexity index is 781. The Kier molecular flexibility index (Phi) is 5.10. The maximum atomic E-state index is 12.3. The topological polar surface area (TPSA) is 17.1 Å². The second-order valence-corrected chi connectivity index (χ2v) is 6.59. The van der Waals surface area contributed by atoms with Crippen LogP contribution in [0.1, 0.15) is 36.5 Å². The van der Waals surface area contributed by atoms with Crippen molar-refractivity contribution >= 4 is 11.4 Å². The van der Waals surface area contributed by atoms with Gasteiger partial charge in [-0.3, -0.25) is 4.79 Å². The predicted molar refractivity (Wildman–Crippen MR) is 101 cm³/mol. The third kappa shape index (κ3) is 3.73. The van der Waals surface area contributed by atoms with Gasteiger partial charge in [0, 0.05) is 18.8 Å². The van der Waals surface area contributed by atoms with E-state index in [1.54, 1.807) is 0 Å². The molecule has 2 aromatic carbocycles. The zero-order chi connectivity index (χ0) is 16.9. The van der Waals surface area contributed by atoms with Gasteiger partial charge in [0.2, 0.25) is 0 Å². The minimum atomic E-state index is 0.325. The standard InChI is InChI=1S/C23H24O/c1-17-8-6-7-11-21(17)16-22(24)14-12-19-13-15-23(18(19)2)20-9-4-3-5-10-20/h3-11,13,15,18H,12,14,16H2,1-2H3. The molecule has 0 fully saturated rings. The molecular formula is C23H24O. The molecule has 1 unspecified atom stereocenters. The summed E-state index contributed by atoms with van der Waals surface area (Å²) in [7, 11) is 0. The number of carbonyl (C=O) groups is 1.